The van der Waals surface area contributed by atoms with Crippen molar-refractivity contribution < 1.29 is 99.2 Å². The monoisotopic (exact) mass is 1600 g/mol. The highest BCUT2D eigenvalue weighted by Gasteiger charge is 2.57. The first-order valence-electron chi connectivity index (χ1n) is 38.3. The molecule has 6 aromatic rings. The first kappa shape index (κ1) is 88.4. The predicted octanol–water partition coefficient (Wildman–Crippen LogP) is 10.4. The molecular formula is C87H101F3N8O18. The van der Waals surface area contributed by atoms with E-state index in [1.54, 1.807) is 85.1 Å². The third-order valence-corrected chi connectivity index (χ3v) is 20.3. The minimum absolute atomic E-state index is 0.0472. The van der Waals surface area contributed by atoms with Crippen molar-refractivity contribution in [2.75, 3.05) is 59.1 Å². The Morgan fingerprint density at radius 2 is 0.862 bits per heavy atom. The normalized spacial score (nSPS) is 21.6. The third kappa shape index (κ3) is 24.8. The van der Waals surface area contributed by atoms with Crippen LogP contribution in [0.3, 0.4) is 0 Å². The van der Waals surface area contributed by atoms with Crippen LogP contribution in [0.2, 0.25) is 0 Å². The molecule has 6 saturated heterocycles. The maximum Gasteiger partial charge on any atom is 0.410 e. The number of carboxylic acid groups (broad SMARTS) is 1. The van der Waals surface area contributed by atoms with E-state index in [-0.39, 0.29) is 113 Å². The highest BCUT2D eigenvalue weighted by molar-refractivity contribution is 5.87. The molecule has 0 radical (unpaired) electrons. The number of ether oxygens (including phenoxy) is 10. The quantitative estimate of drug-likeness (QED) is 0.0306. The topological polar surface area (TPSA) is 298 Å². The molecule has 1 unspecified atom stereocenters. The Kier molecular flexibility index (Phi) is 32.6. The molecule has 5 N–H and O–H groups in total. The number of aliphatic carboxylic acids is 1. The van der Waals surface area contributed by atoms with E-state index < -0.39 is 102 Å². The number of carbonyl (C=O) groups is 7. The van der Waals surface area contributed by atoms with Crippen molar-refractivity contribution in [3.05, 3.63) is 198 Å². The molecule has 0 spiro atoms. The molecule has 12 rings (SSSR count). The number of carbonyl (C=O) groups excluding carboxylic acids is 6. The van der Waals surface area contributed by atoms with Crippen LogP contribution in [0.4, 0.5) is 32.3 Å². The Morgan fingerprint density at radius 3 is 1.25 bits per heavy atom. The maximum absolute atomic E-state index is 14.1. The Bertz CT molecular complexity index is 4330. The fourth-order valence-corrected chi connectivity index (χ4v) is 14.3. The van der Waals surface area contributed by atoms with Crippen LogP contribution < -0.4 is 30.6 Å². The molecule has 618 valence electrons. The van der Waals surface area contributed by atoms with Gasteiger partial charge in [-0.05, 0) is 164 Å². The van der Waals surface area contributed by atoms with E-state index in [9.17, 15) is 46.7 Å². The molecule has 0 saturated carbocycles. The molecule has 0 bridgehead atoms. The summed E-state index contributed by atoms with van der Waals surface area (Å²) >= 11 is 0. The number of alkyl carbamates (subject to hydrolysis) is 1. The van der Waals surface area contributed by atoms with Gasteiger partial charge in [0.25, 0.3) is 0 Å². The maximum atomic E-state index is 14.1. The lowest BCUT2D eigenvalue weighted by atomic mass is 10.1. The molecule has 6 fully saturated rings. The summed E-state index contributed by atoms with van der Waals surface area (Å²) in [6.45, 7) is 14.7. The summed E-state index contributed by atoms with van der Waals surface area (Å²) in [5.41, 5.74) is 8.09. The summed E-state index contributed by atoms with van der Waals surface area (Å²) in [4.78, 5) is 97.7. The first-order valence-corrected chi connectivity index (χ1v) is 38.3. The molecule has 6 heterocycles. The van der Waals surface area contributed by atoms with Crippen LogP contribution in [0, 0.1) is 60.4 Å². The Labute approximate surface area is 674 Å². The fourth-order valence-electron chi connectivity index (χ4n) is 14.3. The zero-order chi connectivity index (χ0) is 83.6. The van der Waals surface area contributed by atoms with Gasteiger partial charge in [0.15, 0.2) is 0 Å². The number of nitrogens with two attached hydrogens (primary N) is 1. The summed E-state index contributed by atoms with van der Waals surface area (Å²) in [6.07, 6.45) is 12.2. The number of amides is 6. The van der Waals surface area contributed by atoms with Gasteiger partial charge in [-0.2, -0.15) is 0 Å². The average molecular weight is 1600 g/mol. The third-order valence-electron chi connectivity index (χ3n) is 20.3. The van der Waals surface area contributed by atoms with Crippen molar-refractivity contribution in [1.82, 2.24) is 35.1 Å². The van der Waals surface area contributed by atoms with Gasteiger partial charge in [0.1, 0.15) is 110 Å². The van der Waals surface area contributed by atoms with Crippen molar-refractivity contribution in [2.45, 2.75) is 178 Å². The number of halogens is 3. The second-order valence-electron chi connectivity index (χ2n) is 29.4. The predicted molar refractivity (Wildman–Crippen MR) is 421 cm³/mol. The zero-order valence-electron chi connectivity index (χ0n) is 65.9. The van der Waals surface area contributed by atoms with E-state index in [4.69, 9.17) is 77.5 Å². The summed E-state index contributed by atoms with van der Waals surface area (Å²) < 4.78 is 96.7. The number of nitrogens with zero attached hydrogens (tertiary/aromatic N) is 5. The van der Waals surface area contributed by atoms with Crippen molar-refractivity contribution >= 4 is 42.2 Å². The van der Waals surface area contributed by atoms with Gasteiger partial charge in [-0.3, -0.25) is 29.1 Å². The van der Waals surface area contributed by atoms with Crippen LogP contribution in [0.5, 0.6) is 17.2 Å². The van der Waals surface area contributed by atoms with Crippen LogP contribution in [-0.2, 0) is 67.4 Å². The van der Waals surface area contributed by atoms with Crippen molar-refractivity contribution in [3.8, 4) is 54.3 Å². The minimum Gasteiger partial charge on any atom is -0.487 e. The Hall–Kier alpha value is -11.5. The molecule has 15 atom stereocenters. The number of terminal acetylenes is 3. The van der Waals surface area contributed by atoms with E-state index in [1.165, 1.54) is 60.7 Å². The Balaban J connectivity index is 0.000000190. The average Bonchev–Trinajstić information content (AvgIpc) is 1.62. The van der Waals surface area contributed by atoms with Crippen LogP contribution in [0.25, 0.3) is 0 Å². The van der Waals surface area contributed by atoms with Crippen molar-refractivity contribution in [1.29, 1.82) is 0 Å². The van der Waals surface area contributed by atoms with Crippen LogP contribution in [0.1, 0.15) is 84.4 Å². The van der Waals surface area contributed by atoms with Crippen LogP contribution in [-0.4, -0.2) is 221 Å². The van der Waals surface area contributed by atoms with E-state index in [0.717, 1.165) is 29.7 Å². The van der Waals surface area contributed by atoms with E-state index in [2.05, 4.69) is 28.4 Å². The Morgan fingerprint density at radius 1 is 0.500 bits per heavy atom. The summed E-state index contributed by atoms with van der Waals surface area (Å²) in [5.74, 6) is 5.23. The fraction of sp³-hybridized carbons (Fsp3) is 0.437. The number of fused-ring (bicyclic) bond motifs is 3. The summed E-state index contributed by atoms with van der Waals surface area (Å²) in [7, 11) is 0. The SMILES string of the molecule is C#CCO[C@H](C)C(NC(=O)OC(C)(C)C)C(=O)N1CC[C@@H]2[C@H]1[C@@H](Oc1ccc(F)cc1)CN2C(=O)OCc1ccccc1.C#CCO[C@H](C)[C@H](C)C(=O)O.C#CCO[C@H](C)[C@H](N)C(=O)N1CC[C@@H]2[C@H]1[C@@H](Oc1ccc(F)cc1)CN2C(=O)OCc1ccccc1.O=C(OCc1ccccc1)N1C[C@H](Oc2ccc(F)cc2)[C@H]2NCC[C@H]21. The van der Waals surface area contributed by atoms with Crippen molar-refractivity contribution in [2.24, 2.45) is 11.7 Å². The lowest BCUT2D eigenvalue weighted by molar-refractivity contribution is -0.145. The smallest absolute Gasteiger partial charge is 0.410 e. The van der Waals surface area contributed by atoms with Gasteiger partial charge in [-0.1, -0.05) is 109 Å². The highest BCUT2D eigenvalue weighted by atomic mass is 19.1. The lowest BCUT2D eigenvalue weighted by Gasteiger charge is -2.34. The lowest BCUT2D eigenvalue weighted by Crippen LogP contribution is -2.58. The van der Waals surface area contributed by atoms with Gasteiger partial charge in [-0.25, -0.2) is 32.3 Å². The molecule has 6 aromatic carbocycles. The van der Waals surface area contributed by atoms with Gasteiger partial charge >= 0.3 is 30.3 Å². The molecule has 0 aromatic heterocycles. The molecule has 6 aliphatic rings. The molecule has 6 amide bonds. The van der Waals surface area contributed by atoms with Crippen molar-refractivity contribution in [3.63, 3.8) is 0 Å². The van der Waals surface area contributed by atoms with Crippen LogP contribution >= 0.6 is 0 Å². The van der Waals surface area contributed by atoms with Crippen LogP contribution in [0.15, 0.2) is 164 Å². The van der Waals surface area contributed by atoms with E-state index >= 15 is 0 Å². The summed E-state index contributed by atoms with van der Waals surface area (Å²) in [6, 6.07) is 41.8. The molecular weight excluding hydrogens is 1500 g/mol. The second-order valence-corrected chi connectivity index (χ2v) is 29.4. The van der Waals surface area contributed by atoms with E-state index in [1.807, 2.05) is 91.0 Å². The second kappa shape index (κ2) is 42.7. The number of nitrogens with one attached hydrogen (secondary N) is 2. The first-order chi connectivity index (χ1) is 55.6. The number of benzene rings is 6. The minimum atomic E-state index is -1.13. The standard InChI is InChI=1S/C32H38FN3O7.C27H30FN3O5.C20H21FN2O3.C8H12O3/c1-6-18-40-21(2)27(34-30(38)43-32(3,4)5)29(37)35-17-16-25-28(35)26(42-24-14-12-23(33)13-15-24)19-36(25)31(39)41-20-22-10-8-7-9-11-22;1-3-15-34-18(2)24(29)26(32)30-14-13-22-25(30)23(36-21-11-9-20(28)10-12-21)16-31(22)27(33)35-17-19-7-5-4-6-8-19;21-15-6-8-16(9-7-15)26-18-12-23(17-10-11-22-19(17)18)20(24)25-13-14-4-2-1-3-5-14;1-4-5-11-7(3)6(2)8(9)10/h1,7-15,21,25-28H,16-20H2,2-5H3,(H,34,38);1,4-12,18,22-25H,13-17,29H2,2H3;1-9,17-19,22H,10-13H2;1,6-7H,5H2,2-3H3,(H,9,10)/t21-,25-,26+,27?,28+;18-,22-,23+,24+,25+;17-,18+,19+;6-,7+/m1110/s1. The molecule has 26 nitrogen and oxygen atoms in total. The highest BCUT2D eigenvalue weighted by Crippen LogP contribution is 2.38. The molecule has 0 aliphatic carbocycles. The molecule has 116 heavy (non-hydrogen) atoms. The zero-order valence-corrected chi connectivity index (χ0v) is 65.9. The number of hydrogen-bond acceptors (Lipinski definition) is 19. The molecule has 29 heteroatoms. The van der Waals surface area contributed by atoms with E-state index in [0.29, 0.717) is 43.2 Å². The number of hydrogen-bond donors (Lipinski definition) is 4. The van der Waals surface area contributed by atoms with Gasteiger partial charge < -0.3 is 78.6 Å². The van der Waals surface area contributed by atoms with Gasteiger partial charge in [0.2, 0.25) is 11.8 Å². The largest absolute Gasteiger partial charge is 0.487 e. The molecule has 6 aliphatic heterocycles. The van der Waals surface area contributed by atoms with Gasteiger partial charge in [0, 0.05) is 13.1 Å². The number of rotatable bonds is 25. The van der Waals surface area contributed by atoms with Gasteiger partial charge in [-0.15, -0.1) is 19.3 Å². The number of carboxylic acids is 1. The number of likely N-dealkylation sites (tertiary alicyclic amines) is 5. The summed E-state index contributed by atoms with van der Waals surface area (Å²) in [5, 5.41) is 14.6. The van der Waals surface area contributed by atoms with Gasteiger partial charge in [0.05, 0.1) is 80.1 Å².